The molecule has 0 fully saturated rings. The van der Waals surface area contributed by atoms with Gasteiger partial charge in [-0.15, -0.1) is 0 Å². The Hall–Kier alpha value is -2.09. The number of alkyl halides is 2. The second-order valence-electron chi connectivity index (χ2n) is 4.33. The van der Waals surface area contributed by atoms with Gasteiger partial charge in [0, 0.05) is 12.7 Å². The van der Waals surface area contributed by atoms with Gasteiger partial charge in [-0.3, -0.25) is 4.79 Å². The van der Waals surface area contributed by atoms with Gasteiger partial charge in [-0.05, 0) is 25.5 Å². The van der Waals surface area contributed by atoms with Gasteiger partial charge in [0.1, 0.15) is 11.5 Å². The quantitative estimate of drug-likeness (QED) is 0.322. The summed E-state index contributed by atoms with van der Waals surface area (Å²) in [6.07, 6.45) is -2.86. The zero-order valence-corrected chi connectivity index (χ0v) is 17.0. The third-order valence-electron chi connectivity index (χ3n) is 2.67. The third kappa shape index (κ3) is 10.0. The van der Waals surface area contributed by atoms with Gasteiger partial charge in [0.25, 0.3) is 6.43 Å². The van der Waals surface area contributed by atoms with Gasteiger partial charge in [0.2, 0.25) is 0 Å². The Morgan fingerprint density at radius 1 is 1.35 bits per heavy atom. The van der Waals surface area contributed by atoms with Crippen LogP contribution < -0.4 is 11.1 Å². The van der Waals surface area contributed by atoms with Crippen molar-refractivity contribution in [2.75, 3.05) is 18.5 Å². The number of thiocarbonyl (C=S) groups is 1. The number of anilines is 1. The zero-order valence-electron chi connectivity index (χ0n) is 16.2. The number of hydrogen-bond donors (Lipinski definition) is 2. The number of halogens is 2. The molecule has 0 saturated carbocycles. The van der Waals surface area contributed by atoms with E-state index in [1.54, 1.807) is 25.1 Å². The molecule has 0 heterocycles. The standard InChI is InChI=1S/C14H17F2N3O2S.2C2H6.H2/c1-3-21-11(20)7-18-10-6-9(5-4-8(10)2)14(22)19-13(17)12(15)16;2*1-2;/h4-6,12,18H,3,7H2,1-2H3,(H2,17,19,22);2*1-2H3;1H. The summed E-state index contributed by atoms with van der Waals surface area (Å²) in [4.78, 5) is 14.8. The van der Waals surface area contributed by atoms with Crippen LogP contribution >= 0.6 is 12.2 Å². The lowest BCUT2D eigenvalue weighted by Gasteiger charge is -2.11. The molecular formula is C18H31F2N3O2S. The van der Waals surface area contributed by atoms with E-state index < -0.39 is 18.2 Å². The summed E-state index contributed by atoms with van der Waals surface area (Å²) in [5.74, 6) is -1.22. The first-order chi connectivity index (χ1) is 12.3. The fraction of sp³-hybridized carbons (Fsp3) is 0.500. The maximum atomic E-state index is 12.4. The van der Waals surface area contributed by atoms with Gasteiger partial charge >= 0.3 is 5.97 Å². The normalized spacial score (nSPS) is 10.1. The minimum absolute atomic E-state index is 0. The lowest BCUT2D eigenvalue weighted by molar-refractivity contribution is -0.140. The van der Waals surface area contributed by atoms with Crippen LogP contribution in [0.3, 0.4) is 0 Å². The summed E-state index contributed by atoms with van der Waals surface area (Å²) in [6.45, 7) is 11.8. The van der Waals surface area contributed by atoms with E-state index in [4.69, 9.17) is 22.7 Å². The lowest BCUT2D eigenvalue weighted by Crippen LogP contribution is -2.22. The molecule has 5 nitrogen and oxygen atoms in total. The minimum atomic E-state index is -2.86. The Bertz CT molecular complexity index is 600. The number of nitrogens with zero attached hydrogens (tertiary/aromatic N) is 1. The van der Waals surface area contributed by atoms with Crippen molar-refractivity contribution in [3.63, 3.8) is 0 Å². The first-order valence-corrected chi connectivity index (χ1v) is 8.92. The predicted molar refractivity (Wildman–Crippen MR) is 110 cm³/mol. The number of hydrogen-bond acceptors (Lipinski definition) is 4. The van der Waals surface area contributed by atoms with E-state index in [0.717, 1.165) is 5.56 Å². The molecule has 0 bridgehead atoms. The average molecular weight is 392 g/mol. The van der Waals surface area contributed by atoms with Gasteiger partial charge in [-0.1, -0.05) is 52.0 Å². The van der Waals surface area contributed by atoms with Crippen molar-refractivity contribution in [1.82, 2.24) is 0 Å². The number of benzene rings is 1. The van der Waals surface area contributed by atoms with Crippen molar-refractivity contribution < 1.29 is 19.7 Å². The predicted octanol–water partition coefficient (Wildman–Crippen LogP) is 4.57. The van der Waals surface area contributed by atoms with E-state index in [-0.39, 0.29) is 13.0 Å². The van der Waals surface area contributed by atoms with Crippen LogP contribution in [0.25, 0.3) is 0 Å². The van der Waals surface area contributed by atoms with E-state index in [1.165, 1.54) is 0 Å². The summed E-state index contributed by atoms with van der Waals surface area (Å²) in [5, 5.41) is 2.91. The molecule has 150 valence electrons. The highest BCUT2D eigenvalue weighted by Gasteiger charge is 2.11. The Morgan fingerprint density at radius 2 is 1.92 bits per heavy atom. The Balaban J connectivity index is -0.00000108. The molecule has 3 N–H and O–H groups in total. The number of nitrogens with one attached hydrogen (secondary N) is 1. The fourth-order valence-electron chi connectivity index (χ4n) is 1.56. The molecular weight excluding hydrogens is 360 g/mol. The molecule has 0 spiro atoms. The Kier molecular flexibility index (Phi) is 15.3. The first kappa shape index (κ1) is 26.1. The topological polar surface area (TPSA) is 76.7 Å². The molecule has 0 radical (unpaired) electrons. The summed E-state index contributed by atoms with van der Waals surface area (Å²) >= 11 is 4.98. The monoisotopic (exact) mass is 391 g/mol. The molecule has 26 heavy (non-hydrogen) atoms. The number of aliphatic imine (C=N–C) groups is 1. The number of carbonyl (C=O) groups is 1. The molecule has 0 amide bonds. The number of carbonyl (C=O) groups excluding carboxylic acids is 1. The van der Waals surface area contributed by atoms with Gasteiger partial charge in [0.05, 0.1) is 6.61 Å². The van der Waals surface area contributed by atoms with Crippen molar-refractivity contribution in [2.24, 2.45) is 10.7 Å². The number of ether oxygens (including phenoxy) is 1. The van der Waals surface area contributed by atoms with Gasteiger partial charge in [-0.25, -0.2) is 13.8 Å². The van der Waals surface area contributed by atoms with E-state index in [1.807, 2.05) is 34.6 Å². The van der Waals surface area contributed by atoms with Crippen LogP contribution in [-0.4, -0.2) is 36.4 Å². The third-order valence-corrected chi connectivity index (χ3v) is 2.99. The van der Waals surface area contributed by atoms with E-state index >= 15 is 0 Å². The summed E-state index contributed by atoms with van der Waals surface area (Å²) in [5.41, 5.74) is 7.04. The highest BCUT2D eigenvalue weighted by Crippen LogP contribution is 2.18. The van der Waals surface area contributed by atoms with Crippen LogP contribution in [0.1, 0.15) is 47.2 Å². The van der Waals surface area contributed by atoms with Crippen molar-refractivity contribution in [2.45, 2.75) is 48.0 Å². The molecule has 0 aliphatic carbocycles. The largest absolute Gasteiger partial charge is 0.465 e. The maximum absolute atomic E-state index is 12.4. The average Bonchev–Trinajstić information content (AvgIpc) is 2.64. The minimum Gasteiger partial charge on any atom is -0.465 e. The SMILES string of the molecule is CC.CC.CCOC(=O)CNc1cc(C(=S)N=C(N)C(F)F)ccc1C.[HH]. The first-order valence-electron chi connectivity index (χ1n) is 8.51. The van der Waals surface area contributed by atoms with Crippen molar-refractivity contribution >= 4 is 34.7 Å². The van der Waals surface area contributed by atoms with Crippen LogP contribution in [0.15, 0.2) is 23.2 Å². The molecule has 0 aromatic heterocycles. The van der Waals surface area contributed by atoms with Crippen LogP contribution in [0.2, 0.25) is 0 Å². The van der Waals surface area contributed by atoms with Crippen molar-refractivity contribution in [3.05, 3.63) is 29.3 Å². The second kappa shape index (κ2) is 15.2. The van der Waals surface area contributed by atoms with Crippen molar-refractivity contribution in [3.8, 4) is 0 Å². The van der Waals surface area contributed by atoms with E-state index in [2.05, 4.69) is 10.3 Å². The van der Waals surface area contributed by atoms with E-state index in [0.29, 0.717) is 17.9 Å². The molecule has 0 aliphatic rings. The summed E-state index contributed by atoms with van der Waals surface area (Å²) in [6, 6.07) is 5.01. The molecule has 0 aliphatic heterocycles. The fourth-order valence-corrected chi connectivity index (χ4v) is 1.79. The zero-order chi connectivity index (χ0) is 20.7. The Labute approximate surface area is 161 Å². The van der Waals surface area contributed by atoms with E-state index in [9.17, 15) is 13.6 Å². The second-order valence-corrected chi connectivity index (χ2v) is 4.72. The lowest BCUT2D eigenvalue weighted by atomic mass is 10.1. The molecule has 8 heteroatoms. The van der Waals surface area contributed by atoms with Gasteiger partial charge in [0.15, 0.2) is 5.84 Å². The highest BCUT2D eigenvalue weighted by molar-refractivity contribution is 7.80. The number of aryl methyl sites for hydroxylation is 1. The Morgan fingerprint density at radius 3 is 2.42 bits per heavy atom. The smallest absolute Gasteiger partial charge is 0.325 e. The maximum Gasteiger partial charge on any atom is 0.325 e. The number of amidine groups is 1. The van der Waals surface area contributed by atoms with Crippen LogP contribution in [0.5, 0.6) is 0 Å². The highest BCUT2D eigenvalue weighted by atomic mass is 32.1. The number of rotatable bonds is 6. The molecule has 0 unspecified atom stereocenters. The number of esters is 1. The summed E-state index contributed by atoms with van der Waals surface area (Å²) < 4.78 is 29.5. The molecule has 1 aromatic rings. The molecule has 0 saturated heterocycles. The van der Waals surface area contributed by atoms with Crippen LogP contribution in [0.4, 0.5) is 14.5 Å². The van der Waals surface area contributed by atoms with Crippen molar-refractivity contribution in [1.29, 1.82) is 0 Å². The number of nitrogens with two attached hydrogens (primary N) is 1. The molecule has 1 rings (SSSR count). The van der Waals surface area contributed by atoms with Crippen LogP contribution in [-0.2, 0) is 9.53 Å². The van der Waals surface area contributed by atoms with Gasteiger partial charge in [-0.2, -0.15) is 0 Å². The summed E-state index contributed by atoms with van der Waals surface area (Å²) in [7, 11) is 0. The van der Waals surface area contributed by atoms with Crippen LogP contribution in [0, 0.1) is 6.92 Å². The molecule has 0 atom stereocenters. The van der Waals surface area contributed by atoms with Gasteiger partial charge < -0.3 is 15.8 Å². The molecule has 1 aromatic carbocycles.